The van der Waals surface area contributed by atoms with Crippen LogP contribution in [0.1, 0.15) is 35.6 Å². The highest BCUT2D eigenvalue weighted by Crippen LogP contribution is 2.63. The molecule has 2 aromatic carbocycles. The van der Waals surface area contributed by atoms with Crippen molar-refractivity contribution < 1.29 is 9.90 Å². The van der Waals surface area contributed by atoms with E-state index in [1.165, 1.54) is 48.3 Å². The Balaban J connectivity index is 1.35. The highest BCUT2D eigenvalue weighted by molar-refractivity contribution is 8.00. The second kappa shape index (κ2) is 7.81. The van der Waals surface area contributed by atoms with Crippen molar-refractivity contribution in [1.29, 1.82) is 0 Å². The summed E-state index contributed by atoms with van der Waals surface area (Å²) in [7, 11) is 0. The fraction of sp³-hybridized carbons (Fsp3) is 0.360. The van der Waals surface area contributed by atoms with Crippen LogP contribution in [0.4, 0.5) is 5.69 Å². The number of carbonyl (C=O) groups is 1. The maximum Gasteiger partial charge on any atom is 0.308 e. The van der Waals surface area contributed by atoms with Gasteiger partial charge in [0.2, 0.25) is 5.91 Å². The molecule has 164 valence electrons. The smallest absolute Gasteiger partial charge is 0.308 e. The molecule has 1 aliphatic heterocycles. The lowest BCUT2D eigenvalue weighted by atomic mass is 9.75. The minimum atomic E-state index is -0.231. The predicted octanol–water partition coefficient (Wildman–Crippen LogP) is 4.91. The van der Waals surface area contributed by atoms with Gasteiger partial charge in [-0.15, -0.1) is 11.8 Å². The van der Waals surface area contributed by atoms with Gasteiger partial charge in [-0.2, -0.15) is 0 Å². The van der Waals surface area contributed by atoms with Crippen LogP contribution in [0.25, 0.3) is 0 Å². The van der Waals surface area contributed by atoms with Gasteiger partial charge in [0.1, 0.15) is 12.3 Å². The van der Waals surface area contributed by atoms with Gasteiger partial charge in [-0.05, 0) is 66.8 Å². The molecule has 2 heterocycles. The lowest BCUT2D eigenvalue weighted by Gasteiger charge is -2.40. The Kier molecular flexibility index (Phi) is 4.91. The second-order valence-electron chi connectivity index (χ2n) is 9.10. The van der Waals surface area contributed by atoms with Crippen molar-refractivity contribution in [1.82, 2.24) is 4.57 Å². The van der Waals surface area contributed by atoms with E-state index in [-0.39, 0.29) is 29.0 Å². The van der Waals surface area contributed by atoms with Crippen LogP contribution in [0.5, 0.6) is 5.75 Å². The number of nitrogens with zero attached hydrogens (tertiary/aromatic N) is 1. The molecule has 1 aromatic heterocycles. The molecule has 5 nitrogen and oxygen atoms in total. The SMILES string of the molecule is O=C(Cn1c2c(sc1=O)[C@@H](c1ccccc1)C1C3CCC(C3)C1S2)Nc1ccc(O)cc1. The fourth-order valence-electron chi connectivity index (χ4n) is 6.01. The average molecular weight is 465 g/mol. The molecular formula is C25H24N2O3S2. The van der Waals surface area contributed by atoms with Gasteiger partial charge < -0.3 is 10.4 Å². The summed E-state index contributed by atoms with van der Waals surface area (Å²) in [5.74, 6) is 2.18. The van der Waals surface area contributed by atoms with Crippen LogP contribution in [0.2, 0.25) is 0 Å². The van der Waals surface area contributed by atoms with E-state index in [1.807, 2.05) is 17.8 Å². The number of thioether (sulfide) groups is 1. The van der Waals surface area contributed by atoms with Gasteiger partial charge in [-0.3, -0.25) is 14.2 Å². The number of aromatic nitrogens is 1. The van der Waals surface area contributed by atoms with E-state index in [4.69, 9.17) is 0 Å². The topological polar surface area (TPSA) is 71.3 Å². The zero-order chi connectivity index (χ0) is 21.8. The van der Waals surface area contributed by atoms with Gasteiger partial charge in [-0.1, -0.05) is 41.7 Å². The molecule has 4 unspecified atom stereocenters. The van der Waals surface area contributed by atoms with Crippen molar-refractivity contribution in [2.75, 3.05) is 5.32 Å². The molecule has 2 fully saturated rings. The third kappa shape index (κ3) is 3.30. The molecule has 6 rings (SSSR count). The summed E-state index contributed by atoms with van der Waals surface area (Å²) in [4.78, 5) is 26.9. The van der Waals surface area contributed by atoms with Gasteiger partial charge in [0.15, 0.2) is 0 Å². The standard InChI is InChI=1S/C25H24N2O3S2/c28-18-10-8-17(9-11-18)26-19(29)13-27-24-23(32-25(27)30)20(14-4-2-1-3-5-14)21-15-6-7-16(12-15)22(21)31-24/h1-5,8-11,15-16,20-22,28H,6-7,12-13H2,(H,26,29)/t15?,16?,20-,21?,22?/m0/s1. The van der Waals surface area contributed by atoms with E-state index >= 15 is 0 Å². The first-order valence-electron chi connectivity index (χ1n) is 11.1. The lowest BCUT2D eigenvalue weighted by molar-refractivity contribution is -0.116. The molecule has 7 heteroatoms. The molecular weight excluding hydrogens is 440 g/mol. The summed E-state index contributed by atoms with van der Waals surface area (Å²) in [5.41, 5.74) is 1.89. The molecule has 5 atom stereocenters. The Bertz CT molecular complexity index is 1220. The molecule has 0 radical (unpaired) electrons. The monoisotopic (exact) mass is 464 g/mol. The van der Waals surface area contributed by atoms with Gasteiger partial charge in [0, 0.05) is 21.7 Å². The number of rotatable bonds is 4. The number of phenols is 1. The van der Waals surface area contributed by atoms with Crippen LogP contribution in [-0.2, 0) is 11.3 Å². The molecule has 1 amide bonds. The van der Waals surface area contributed by atoms with Crippen LogP contribution in [-0.4, -0.2) is 20.8 Å². The quantitative estimate of drug-likeness (QED) is 0.539. The van der Waals surface area contributed by atoms with E-state index in [1.54, 1.807) is 16.7 Å². The summed E-state index contributed by atoms with van der Waals surface area (Å²) in [6.45, 7) is 0.00549. The third-order valence-electron chi connectivity index (χ3n) is 7.30. The normalized spacial score (nSPS) is 27.7. The molecule has 0 saturated heterocycles. The highest BCUT2D eigenvalue weighted by atomic mass is 32.2. The predicted molar refractivity (Wildman–Crippen MR) is 128 cm³/mol. The van der Waals surface area contributed by atoms with E-state index in [0.717, 1.165) is 15.8 Å². The van der Waals surface area contributed by atoms with Gasteiger partial charge in [-0.25, -0.2) is 0 Å². The minimum Gasteiger partial charge on any atom is -0.508 e. The first kappa shape index (κ1) is 20.1. The number of benzene rings is 2. The summed E-state index contributed by atoms with van der Waals surface area (Å²) in [6.07, 6.45) is 3.88. The number of nitrogens with one attached hydrogen (secondary N) is 1. The minimum absolute atomic E-state index is 0.00549. The molecule has 2 aliphatic carbocycles. The molecule has 32 heavy (non-hydrogen) atoms. The average Bonchev–Trinajstić information content (AvgIpc) is 3.49. The van der Waals surface area contributed by atoms with Crippen molar-refractivity contribution in [3.63, 3.8) is 0 Å². The number of fused-ring (bicyclic) bond motifs is 6. The summed E-state index contributed by atoms with van der Waals surface area (Å²) in [5, 5.41) is 13.8. The van der Waals surface area contributed by atoms with Crippen molar-refractivity contribution in [2.24, 2.45) is 17.8 Å². The van der Waals surface area contributed by atoms with Gasteiger partial charge in [0.05, 0.1) is 5.03 Å². The number of thiazole rings is 1. The Hall–Kier alpha value is -2.51. The van der Waals surface area contributed by atoms with Gasteiger partial charge in [0.25, 0.3) is 0 Å². The van der Waals surface area contributed by atoms with Gasteiger partial charge >= 0.3 is 4.87 Å². The van der Waals surface area contributed by atoms with Crippen molar-refractivity contribution in [3.05, 3.63) is 74.7 Å². The first-order chi connectivity index (χ1) is 15.6. The number of hydrogen-bond donors (Lipinski definition) is 2. The molecule has 0 spiro atoms. The van der Waals surface area contributed by atoms with E-state index < -0.39 is 0 Å². The molecule has 3 aromatic rings. The number of hydrogen-bond acceptors (Lipinski definition) is 5. The Labute approximate surface area is 194 Å². The fourth-order valence-corrected chi connectivity index (χ4v) is 9.16. The first-order valence-corrected chi connectivity index (χ1v) is 12.8. The maximum absolute atomic E-state index is 13.1. The zero-order valence-electron chi connectivity index (χ0n) is 17.4. The van der Waals surface area contributed by atoms with Crippen LogP contribution >= 0.6 is 23.1 Å². The van der Waals surface area contributed by atoms with E-state index in [9.17, 15) is 14.7 Å². The Morgan fingerprint density at radius 3 is 2.59 bits per heavy atom. The van der Waals surface area contributed by atoms with Crippen molar-refractivity contribution >= 4 is 34.7 Å². The van der Waals surface area contributed by atoms with Crippen molar-refractivity contribution in [3.8, 4) is 5.75 Å². The highest BCUT2D eigenvalue weighted by Gasteiger charge is 2.55. The maximum atomic E-state index is 13.1. The van der Waals surface area contributed by atoms with Crippen molar-refractivity contribution in [2.45, 2.75) is 42.0 Å². The number of phenolic OH excluding ortho intramolecular Hbond substituents is 1. The number of amides is 1. The van der Waals surface area contributed by atoms with Crippen LogP contribution in [0.15, 0.2) is 64.4 Å². The number of anilines is 1. The Morgan fingerprint density at radius 1 is 1.06 bits per heavy atom. The largest absolute Gasteiger partial charge is 0.508 e. The zero-order valence-corrected chi connectivity index (χ0v) is 19.1. The number of aromatic hydroxyl groups is 1. The summed E-state index contributed by atoms with van der Waals surface area (Å²) >= 11 is 3.17. The van der Waals surface area contributed by atoms with E-state index in [0.29, 0.717) is 22.8 Å². The lowest BCUT2D eigenvalue weighted by Crippen LogP contribution is -2.34. The van der Waals surface area contributed by atoms with Crippen LogP contribution in [0.3, 0.4) is 0 Å². The van der Waals surface area contributed by atoms with Crippen LogP contribution < -0.4 is 10.2 Å². The van der Waals surface area contributed by atoms with E-state index in [2.05, 4.69) is 29.6 Å². The summed E-state index contributed by atoms with van der Waals surface area (Å²) in [6, 6.07) is 17.0. The summed E-state index contributed by atoms with van der Waals surface area (Å²) < 4.78 is 1.68. The van der Waals surface area contributed by atoms with Crippen LogP contribution in [0, 0.1) is 17.8 Å². The molecule has 3 aliphatic rings. The third-order valence-corrected chi connectivity index (χ3v) is 10.1. The molecule has 2 saturated carbocycles. The molecule has 2 bridgehead atoms. The molecule has 2 N–H and O–H groups in total. The second-order valence-corrected chi connectivity index (χ2v) is 11.3. The Morgan fingerprint density at radius 2 is 1.81 bits per heavy atom. The number of carbonyl (C=O) groups excluding carboxylic acids is 1.